The van der Waals surface area contributed by atoms with Crippen LogP contribution in [0.2, 0.25) is 0 Å². The minimum Gasteiger partial charge on any atom is -0.507 e. The van der Waals surface area contributed by atoms with Crippen LogP contribution in [-0.4, -0.2) is 15.7 Å². The van der Waals surface area contributed by atoms with E-state index in [0.29, 0.717) is 0 Å². The molecule has 1 atom stereocenters. The SMILES string of the molecule is CC(Br)C(=O)c1ccc(C(F)F)cc1O. The molecule has 0 aliphatic carbocycles. The number of carbonyl (C=O) groups excluding carboxylic acids is 1. The summed E-state index contributed by atoms with van der Waals surface area (Å²) in [5, 5.41) is 9.38. The third kappa shape index (κ3) is 2.75. The highest BCUT2D eigenvalue weighted by Crippen LogP contribution is 2.27. The number of phenols is 1. The van der Waals surface area contributed by atoms with Crippen LogP contribution in [0.1, 0.15) is 29.3 Å². The summed E-state index contributed by atoms with van der Waals surface area (Å²) in [4.78, 5) is 11.0. The molecule has 0 aromatic heterocycles. The highest BCUT2D eigenvalue weighted by atomic mass is 79.9. The molecule has 2 nitrogen and oxygen atoms in total. The number of rotatable bonds is 3. The molecule has 5 heteroatoms. The molecule has 1 unspecified atom stereocenters. The predicted octanol–water partition coefficient (Wildman–Crippen LogP) is 3.30. The zero-order valence-electron chi connectivity index (χ0n) is 7.88. The molecule has 1 aromatic carbocycles. The van der Waals surface area contributed by atoms with Gasteiger partial charge in [0.15, 0.2) is 5.78 Å². The molecule has 0 spiro atoms. The van der Waals surface area contributed by atoms with E-state index in [1.165, 1.54) is 6.07 Å². The van der Waals surface area contributed by atoms with Gasteiger partial charge in [0.1, 0.15) is 5.75 Å². The lowest BCUT2D eigenvalue weighted by atomic mass is 10.1. The highest BCUT2D eigenvalue weighted by Gasteiger charge is 2.17. The Hall–Kier alpha value is -0.970. The van der Waals surface area contributed by atoms with Crippen LogP contribution in [0, 0.1) is 0 Å². The van der Waals surface area contributed by atoms with Gasteiger partial charge >= 0.3 is 0 Å². The summed E-state index contributed by atoms with van der Waals surface area (Å²) in [5.74, 6) is -0.752. The number of benzene rings is 1. The fraction of sp³-hybridized carbons (Fsp3) is 0.300. The lowest BCUT2D eigenvalue weighted by Crippen LogP contribution is -2.10. The van der Waals surface area contributed by atoms with E-state index in [4.69, 9.17) is 0 Å². The van der Waals surface area contributed by atoms with Crippen molar-refractivity contribution in [1.29, 1.82) is 0 Å². The van der Waals surface area contributed by atoms with Crippen molar-refractivity contribution in [3.63, 3.8) is 0 Å². The quantitative estimate of drug-likeness (QED) is 0.681. The predicted molar refractivity (Wildman–Crippen MR) is 55.8 cm³/mol. The smallest absolute Gasteiger partial charge is 0.263 e. The molecule has 1 rings (SSSR count). The second kappa shape index (κ2) is 4.70. The fourth-order valence-electron chi connectivity index (χ4n) is 1.11. The summed E-state index contributed by atoms with van der Waals surface area (Å²) >= 11 is 3.05. The van der Waals surface area contributed by atoms with Gasteiger partial charge < -0.3 is 5.11 Å². The topological polar surface area (TPSA) is 37.3 Å². The van der Waals surface area contributed by atoms with Gasteiger partial charge in [0.2, 0.25) is 0 Å². The first-order valence-electron chi connectivity index (χ1n) is 4.23. The summed E-state index contributed by atoms with van der Waals surface area (Å²) in [6, 6.07) is 3.25. The Morgan fingerprint density at radius 2 is 2.07 bits per heavy atom. The molecule has 1 aromatic rings. The maximum absolute atomic E-state index is 12.2. The van der Waals surface area contributed by atoms with Gasteiger partial charge in [-0.1, -0.05) is 22.0 Å². The Morgan fingerprint density at radius 1 is 1.47 bits per heavy atom. The monoisotopic (exact) mass is 278 g/mol. The minimum absolute atomic E-state index is 0.0452. The third-order valence-corrected chi connectivity index (χ3v) is 2.32. The standard InChI is InChI=1S/C10H9BrF2O2/c1-5(11)9(15)7-3-2-6(10(12)13)4-8(7)14/h2-5,10,14H,1H3. The Labute approximate surface area is 94.0 Å². The van der Waals surface area contributed by atoms with Crippen molar-refractivity contribution >= 4 is 21.7 Å². The van der Waals surface area contributed by atoms with Gasteiger partial charge in [-0.2, -0.15) is 0 Å². The maximum atomic E-state index is 12.2. The van der Waals surface area contributed by atoms with E-state index < -0.39 is 17.0 Å². The molecule has 1 N–H and O–H groups in total. The van der Waals surface area contributed by atoms with E-state index in [2.05, 4.69) is 15.9 Å². The van der Waals surface area contributed by atoms with Crippen LogP contribution in [0.5, 0.6) is 5.75 Å². The lowest BCUT2D eigenvalue weighted by Gasteiger charge is -2.07. The maximum Gasteiger partial charge on any atom is 0.263 e. The summed E-state index contributed by atoms with van der Waals surface area (Å²) in [7, 11) is 0. The Bertz CT molecular complexity index is 378. The molecule has 0 fully saturated rings. The van der Waals surface area contributed by atoms with Gasteiger partial charge in [-0.3, -0.25) is 4.79 Å². The van der Waals surface area contributed by atoms with Gasteiger partial charge in [0, 0.05) is 5.56 Å². The number of halogens is 3. The Balaban J connectivity index is 3.08. The third-order valence-electron chi connectivity index (χ3n) is 1.90. The summed E-state index contributed by atoms with van der Waals surface area (Å²) < 4.78 is 24.5. The van der Waals surface area contributed by atoms with Crippen LogP contribution in [0.15, 0.2) is 18.2 Å². The van der Waals surface area contributed by atoms with Gasteiger partial charge in [-0.05, 0) is 19.1 Å². The number of hydrogen-bond acceptors (Lipinski definition) is 2. The van der Waals surface area contributed by atoms with Crippen LogP contribution in [0.25, 0.3) is 0 Å². The van der Waals surface area contributed by atoms with Gasteiger partial charge in [0.05, 0.1) is 10.4 Å². The Morgan fingerprint density at radius 3 is 2.47 bits per heavy atom. The van der Waals surface area contributed by atoms with Crippen molar-refractivity contribution in [2.24, 2.45) is 0 Å². The van der Waals surface area contributed by atoms with E-state index >= 15 is 0 Å². The largest absolute Gasteiger partial charge is 0.507 e. The van der Waals surface area contributed by atoms with Gasteiger partial charge in [-0.15, -0.1) is 0 Å². The Kier molecular flexibility index (Phi) is 3.79. The number of Topliss-reactive ketones (excluding diaryl/α,β-unsaturated/α-hetero) is 1. The van der Waals surface area contributed by atoms with E-state index in [1.807, 2.05) is 0 Å². The number of hydrogen-bond donors (Lipinski definition) is 1. The van der Waals surface area contributed by atoms with E-state index in [-0.39, 0.29) is 16.9 Å². The van der Waals surface area contributed by atoms with Gasteiger partial charge in [0.25, 0.3) is 6.43 Å². The molecule has 0 saturated heterocycles. The van der Waals surface area contributed by atoms with Gasteiger partial charge in [-0.25, -0.2) is 8.78 Å². The van der Waals surface area contributed by atoms with Crippen molar-refractivity contribution in [3.8, 4) is 5.75 Å². The zero-order valence-corrected chi connectivity index (χ0v) is 9.46. The summed E-state index contributed by atoms with van der Waals surface area (Å²) in [6.07, 6.45) is -2.65. The molecule has 0 aliphatic heterocycles. The lowest BCUT2D eigenvalue weighted by molar-refractivity contribution is 0.0992. The molecule has 0 radical (unpaired) electrons. The van der Waals surface area contributed by atoms with E-state index in [9.17, 15) is 18.7 Å². The number of ketones is 1. The number of aromatic hydroxyl groups is 1. The number of phenolic OH excluding ortho intramolecular Hbond substituents is 1. The molecule has 82 valence electrons. The molecule has 15 heavy (non-hydrogen) atoms. The highest BCUT2D eigenvalue weighted by molar-refractivity contribution is 9.10. The summed E-state index contributed by atoms with van der Waals surface area (Å²) in [5.41, 5.74) is -0.255. The van der Waals surface area contributed by atoms with Crippen LogP contribution in [0.3, 0.4) is 0 Å². The van der Waals surface area contributed by atoms with E-state index in [0.717, 1.165) is 12.1 Å². The molecule has 0 saturated carbocycles. The van der Waals surface area contributed by atoms with Crippen molar-refractivity contribution in [1.82, 2.24) is 0 Å². The first kappa shape index (κ1) is 12.1. The van der Waals surface area contributed by atoms with Crippen molar-refractivity contribution in [2.45, 2.75) is 18.2 Å². The van der Waals surface area contributed by atoms with Crippen molar-refractivity contribution in [2.75, 3.05) is 0 Å². The molecular weight excluding hydrogens is 270 g/mol. The normalized spacial score (nSPS) is 12.9. The van der Waals surface area contributed by atoms with E-state index in [1.54, 1.807) is 6.92 Å². The fourth-order valence-corrected chi connectivity index (χ4v) is 1.35. The minimum atomic E-state index is -2.65. The first-order chi connectivity index (χ1) is 6.93. The average Bonchev–Trinajstić information content (AvgIpc) is 2.16. The second-order valence-corrected chi connectivity index (χ2v) is 4.43. The average molecular weight is 279 g/mol. The van der Waals surface area contributed by atoms with Crippen LogP contribution in [0.4, 0.5) is 8.78 Å². The number of carbonyl (C=O) groups is 1. The first-order valence-corrected chi connectivity index (χ1v) is 5.14. The summed E-state index contributed by atoms with van der Waals surface area (Å²) in [6.45, 7) is 1.60. The molecule has 0 aliphatic rings. The molecule has 0 heterocycles. The van der Waals surface area contributed by atoms with Crippen LogP contribution >= 0.6 is 15.9 Å². The van der Waals surface area contributed by atoms with Crippen molar-refractivity contribution in [3.05, 3.63) is 29.3 Å². The van der Waals surface area contributed by atoms with Crippen LogP contribution < -0.4 is 0 Å². The van der Waals surface area contributed by atoms with Crippen LogP contribution in [-0.2, 0) is 0 Å². The molecular formula is C10H9BrF2O2. The molecule has 0 amide bonds. The zero-order chi connectivity index (χ0) is 11.6. The van der Waals surface area contributed by atoms with Crippen molar-refractivity contribution < 1.29 is 18.7 Å². The second-order valence-electron chi connectivity index (χ2n) is 3.06. The number of alkyl halides is 3. The molecule has 0 bridgehead atoms.